The molecule has 0 aliphatic carbocycles. The van der Waals surface area contributed by atoms with Crippen molar-refractivity contribution in [2.45, 2.75) is 39.3 Å². The molecule has 0 unspecified atom stereocenters. The van der Waals surface area contributed by atoms with Crippen LogP contribution in [0.3, 0.4) is 0 Å². The third-order valence-corrected chi connectivity index (χ3v) is 5.08. The maximum Gasteiger partial charge on any atom is 0.236 e. The molecule has 1 fully saturated rings. The Hall–Kier alpha value is -2.48. The standard InChI is InChI=1S/C22H37N5O3/c1-6-23-22(24-15-17-8-9-19(29-5)20(14-17)30-7-2)25-18-10-12-27(13-11-18)16-21(28)26(3)4/h8-9,14,18H,6-7,10-13,15-16H2,1-5H3,(H2,23,24,25). The van der Waals surface area contributed by atoms with Crippen molar-refractivity contribution in [3.8, 4) is 11.5 Å². The van der Waals surface area contributed by atoms with Crippen LogP contribution in [0.15, 0.2) is 23.2 Å². The number of likely N-dealkylation sites (N-methyl/N-ethyl adjacent to an activating group) is 1. The van der Waals surface area contributed by atoms with Gasteiger partial charge in [-0.2, -0.15) is 0 Å². The maximum atomic E-state index is 11.9. The van der Waals surface area contributed by atoms with E-state index in [0.717, 1.165) is 55.5 Å². The van der Waals surface area contributed by atoms with Crippen LogP contribution in [-0.4, -0.2) is 81.7 Å². The molecule has 0 saturated carbocycles. The average molecular weight is 420 g/mol. The number of guanidine groups is 1. The summed E-state index contributed by atoms with van der Waals surface area (Å²) in [4.78, 5) is 20.5. The predicted molar refractivity (Wildman–Crippen MR) is 120 cm³/mol. The lowest BCUT2D eigenvalue weighted by Crippen LogP contribution is -2.50. The normalized spacial score (nSPS) is 15.6. The summed E-state index contributed by atoms with van der Waals surface area (Å²) < 4.78 is 11.0. The van der Waals surface area contributed by atoms with Crippen LogP contribution >= 0.6 is 0 Å². The van der Waals surface area contributed by atoms with Gasteiger partial charge in [0.05, 0.1) is 26.8 Å². The molecule has 8 heteroatoms. The molecule has 2 N–H and O–H groups in total. The Balaban J connectivity index is 1.92. The molecule has 0 bridgehead atoms. The van der Waals surface area contributed by atoms with E-state index in [4.69, 9.17) is 14.5 Å². The topological polar surface area (TPSA) is 78.4 Å². The second kappa shape index (κ2) is 12.3. The third-order valence-electron chi connectivity index (χ3n) is 5.08. The number of rotatable bonds is 9. The van der Waals surface area contributed by atoms with Gasteiger partial charge in [0.15, 0.2) is 17.5 Å². The highest BCUT2D eigenvalue weighted by Gasteiger charge is 2.22. The fourth-order valence-corrected chi connectivity index (χ4v) is 3.34. The quantitative estimate of drug-likeness (QED) is 0.469. The predicted octanol–water partition coefficient (Wildman–Crippen LogP) is 1.70. The highest BCUT2D eigenvalue weighted by Crippen LogP contribution is 2.28. The van der Waals surface area contributed by atoms with Gasteiger partial charge >= 0.3 is 0 Å². The minimum Gasteiger partial charge on any atom is -0.493 e. The molecule has 168 valence electrons. The van der Waals surface area contributed by atoms with Gasteiger partial charge in [-0.15, -0.1) is 0 Å². The highest BCUT2D eigenvalue weighted by atomic mass is 16.5. The van der Waals surface area contributed by atoms with Crippen LogP contribution in [0.2, 0.25) is 0 Å². The van der Waals surface area contributed by atoms with Gasteiger partial charge in [0, 0.05) is 39.8 Å². The molecule has 1 aromatic rings. The van der Waals surface area contributed by atoms with E-state index in [1.54, 1.807) is 26.1 Å². The summed E-state index contributed by atoms with van der Waals surface area (Å²) in [6, 6.07) is 6.26. The molecular formula is C22H37N5O3. The number of hydrogen-bond acceptors (Lipinski definition) is 5. The minimum atomic E-state index is 0.155. The zero-order valence-corrected chi connectivity index (χ0v) is 19.0. The van der Waals surface area contributed by atoms with E-state index in [1.165, 1.54) is 0 Å². The number of carbonyl (C=O) groups is 1. The molecule has 0 spiro atoms. The van der Waals surface area contributed by atoms with Crippen molar-refractivity contribution in [2.24, 2.45) is 4.99 Å². The Morgan fingerprint density at radius 3 is 2.57 bits per heavy atom. The number of benzene rings is 1. The molecule has 30 heavy (non-hydrogen) atoms. The van der Waals surface area contributed by atoms with Gasteiger partial charge < -0.3 is 25.0 Å². The smallest absolute Gasteiger partial charge is 0.236 e. The van der Waals surface area contributed by atoms with E-state index < -0.39 is 0 Å². The molecule has 0 radical (unpaired) electrons. The number of hydrogen-bond donors (Lipinski definition) is 2. The SMILES string of the molecule is CCNC(=NCc1ccc(OC)c(OCC)c1)NC1CCN(CC(=O)N(C)C)CC1. The van der Waals surface area contributed by atoms with E-state index in [9.17, 15) is 4.79 Å². The number of piperidine rings is 1. The summed E-state index contributed by atoms with van der Waals surface area (Å²) in [5, 5.41) is 6.88. The number of methoxy groups -OCH3 is 1. The fraction of sp³-hybridized carbons (Fsp3) is 0.636. The molecule has 2 rings (SSSR count). The number of nitrogens with one attached hydrogen (secondary N) is 2. The molecule has 1 aromatic carbocycles. The van der Waals surface area contributed by atoms with Crippen molar-refractivity contribution >= 4 is 11.9 Å². The van der Waals surface area contributed by atoms with Crippen molar-refractivity contribution in [1.82, 2.24) is 20.4 Å². The summed E-state index contributed by atoms with van der Waals surface area (Å²) in [6.07, 6.45) is 1.98. The van der Waals surface area contributed by atoms with Crippen molar-refractivity contribution in [1.29, 1.82) is 0 Å². The Labute approximate surface area is 180 Å². The number of likely N-dealkylation sites (tertiary alicyclic amines) is 1. The number of nitrogens with zero attached hydrogens (tertiary/aromatic N) is 3. The lowest BCUT2D eigenvalue weighted by Gasteiger charge is -2.33. The Morgan fingerprint density at radius 1 is 1.23 bits per heavy atom. The Kier molecular flexibility index (Phi) is 9.73. The van der Waals surface area contributed by atoms with Crippen LogP contribution in [0.4, 0.5) is 0 Å². The van der Waals surface area contributed by atoms with Gasteiger partial charge in [0.2, 0.25) is 5.91 Å². The van der Waals surface area contributed by atoms with E-state index in [-0.39, 0.29) is 5.91 Å². The van der Waals surface area contributed by atoms with Crippen LogP contribution < -0.4 is 20.1 Å². The number of carbonyl (C=O) groups excluding carboxylic acids is 1. The second-order valence-corrected chi connectivity index (χ2v) is 7.60. The molecule has 1 heterocycles. The molecule has 0 aromatic heterocycles. The molecule has 1 aliphatic rings. The van der Waals surface area contributed by atoms with E-state index in [0.29, 0.717) is 25.7 Å². The second-order valence-electron chi connectivity index (χ2n) is 7.60. The van der Waals surface area contributed by atoms with Gasteiger partial charge in [0.25, 0.3) is 0 Å². The molecule has 1 saturated heterocycles. The fourth-order valence-electron chi connectivity index (χ4n) is 3.34. The average Bonchev–Trinajstić information content (AvgIpc) is 2.74. The monoisotopic (exact) mass is 419 g/mol. The number of ether oxygens (including phenoxy) is 2. The maximum absolute atomic E-state index is 11.9. The van der Waals surface area contributed by atoms with Gasteiger partial charge in [-0.1, -0.05) is 6.07 Å². The summed E-state index contributed by atoms with van der Waals surface area (Å²) in [7, 11) is 5.25. The Morgan fingerprint density at radius 2 is 1.97 bits per heavy atom. The lowest BCUT2D eigenvalue weighted by molar-refractivity contribution is -0.130. The zero-order valence-electron chi connectivity index (χ0n) is 19.0. The van der Waals surface area contributed by atoms with Crippen molar-refractivity contribution in [3.63, 3.8) is 0 Å². The number of amides is 1. The van der Waals surface area contributed by atoms with Gasteiger partial charge in [-0.25, -0.2) is 4.99 Å². The highest BCUT2D eigenvalue weighted by molar-refractivity contribution is 5.80. The van der Waals surface area contributed by atoms with Crippen molar-refractivity contribution < 1.29 is 14.3 Å². The van der Waals surface area contributed by atoms with E-state index >= 15 is 0 Å². The Bertz CT molecular complexity index is 700. The third kappa shape index (κ3) is 7.40. The van der Waals surface area contributed by atoms with E-state index in [2.05, 4.69) is 22.5 Å². The molecule has 1 amide bonds. The summed E-state index contributed by atoms with van der Waals surface area (Å²) in [5.41, 5.74) is 1.06. The zero-order chi connectivity index (χ0) is 21.9. The van der Waals surface area contributed by atoms with Gasteiger partial charge in [-0.3, -0.25) is 9.69 Å². The lowest BCUT2D eigenvalue weighted by atomic mass is 10.1. The molecule has 8 nitrogen and oxygen atoms in total. The van der Waals surface area contributed by atoms with Gasteiger partial charge in [-0.05, 0) is 44.4 Å². The van der Waals surface area contributed by atoms with Crippen LogP contribution in [0.25, 0.3) is 0 Å². The van der Waals surface area contributed by atoms with Crippen LogP contribution in [-0.2, 0) is 11.3 Å². The number of aliphatic imine (C=N–C) groups is 1. The van der Waals surface area contributed by atoms with Crippen molar-refractivity contribution in [2.75, 3.05) is 54.0 Å². The van der Waals surface area contributed by atoms with Crippen LogP contribution in [0.1, 0.15) is 32.3 Å². The van der Waals surface area contributed by atoms with Crippen molar-refractivity contribution in [3.05, 3.63) is 23.8 Å². The summed E-state index contributed by atoms with van der Waals surface area (Å²) in [5.74, 6) is 2.44. The molecular weight excluding hydrogens is 382 g/mol. The molecule has 0 atom stereocenters. The first kappa shape index (κ1) is 23.8. The van der Waals surface area contributed by atoms with Crippen LogP contribution in [0.5, 0.6) is 11.5 Å². The molecule has 1 aliphatic heterocycles. The first-order chi connectivity index (χ1) is 14.5. The largest absolute Gasteiger partial charge is 0.493 e. The van der Waals surface area contributed by atoms with Crippen LogP contribution in [0, 0.1) is 0 Å². The summed E-state index contributed by atoms with van der Waals surface area (Å²) in [6.45, 7) is 8.27. The van der Waals surface area contributed by atoms with Gasteiger partial charge in [0.1, 0.15) is 0 Å². The first-order valence-corrected chi connectivity index (χ1v) is 10.7. The minimum absolute atomic E-state index is 0.155. The summed E-state index contributed by atoms with van der Waals surface area (Å²) >= 11 is 0. The first-order valence-electron chi connectivity index (χ1n) is 10.7. The van der Waals surface area contributed by atoms with E-state index in [1.807, 2.05) is 25.1 Å².